The topological polar surface area (TPSA) is 34.1 Å². The van der Waals surface area contributed by atoms with Crippen molar-refractivity contribution >= 4 is 12.6 Å². The van der Waals surface area contributed by atoms with Crippen LogP contribution in [-0.4, -0.2) is 12.6 Å². The monoisotopic (exact) mass is 240 g/mol. The molecule has 0 aliphatic heterocycles. The maximum absolute atomic E-state index is 10.1. The molecule has 0 heterocycles. The third kappa shape index (κ3) is 13.3. The van der Waals surface area contributed by atoms with Crippen molar-refractivity contribution < 1.29 is 9.59 Å². The van der Waals surface area contributed by atoms with Crippen molar-refractivity contribution in [3.63, 3.8) is 0 Å². The van der Waals surface area contributed by atoms with Crippen LogP contribution in [0.1, 0.15) is 77.6 Å². The van der Waals surface area contributed by atoms with E-state index < -0.39 is 0 Å². The summed E-state index contributed by atoms with van der Waals surface area (Å²) in [5, 5.41) is 0. The third-order valence-electron chi connectivity index (χ3n) is 3.29. The van der Waals surface area contributed by atoms with E-state index in [1.807, 2.05) is 0 Å². The molecule has 0 aliphatic rings. The van der Waals surface area contributed by atoms with Gasteiger partial charge in [-0.2, -0.15) is 0 Å². The number of rotatable bonds is 13. The Morgan fingerprint density at radius 3 is 1.71 bits per heavy atom. The van der Waals surface area contributed by atoms with E-state index in [1.54, 1.807) is 0 Å². The van der Waals surface area contributed by atoms with Crippen molar-refractivity contribution in [2.45, 2.75) is 77.6 Å². The average molecular weight is 240 g/mol. The predicted octanol–water partition coefficient (Wildman–Crippen LogP) is 4.31. The van der Waals surface area contributed by atoms with Crippen LogP contribution in [0.25, 0.3) is 0 Å². The molecule has 0 aliphatic carbocycles. The molecule has 0 N–H and O–H groups in total. The zero-order chi connectivity index (χ0) is 12.8. The molecule has 17 heavy (non-hydrogen) atoms. The largest absolute Gasteiger partial charge is 0.303 e. The van der Waals surface area contributed by atoms with Gasteiger partial charge >= 0.3 is 0 Å². The molecule has 0 bridgehead atoms. The number of unbranched alkanes of at least 4 members (excludes halogenated alkanes) is 7. The zero-order valence-electron chi connectivity index (χ0n) is 11.3. The first-order valence-corrected chi connectivity index (χ1v) is 7.18. The lowest BCUT2D eigenvalue weighted by molar-refractivity contribution is -0.108. The van der Waals surface area contributed by atoms with Crippen molar-refractivity contribution in [3.8, 4) is 0 Å². The molecule has 0 radical (unpaired) electrons. The summed E-state index contributed by atoms with van der Waals surface area (Å²) in [6.07, 6.45) is 14.5. The van der Waals surface area contributed by atoms with Gasteiger partial charge in [0.05, 0.1) is 0 Å². The number of carbonyl (C=O) groups is 2. The lowest BCUT2D eigenvalue weighted by atomic mass is 9.96. The van der Waals surface area contributed by atoms with E-state index in [-0.39, 0.29) is 0 Å². The van der Waals surface area contributed by atoms with Gasteiger partial charge in [0.1, 0.15) is 12.6 Å². The van der Waals surface area contributed by atoms with Crippen LogP contribution in [0.15, 0.2) is 0 Å². The molecule has 0 aromatic heterocycles. The Morgan fingerprint density at radius 2 is 1.12 bits per heavy atom. The van der Waals surface area contributed by atoms with Gasteiger partial charge in [0.25, 0.3) is 0 Å². The van der Waals surface area contributed by atoms with Gasteiger partial charge in [-0.15, -0.1) is 0 Å². The Morgan fingerprint density at radius 1 is 0.706 bits per heavy atom. The number of aldehydes is 2. The fourth-order valence-electron chi connectivity index (χ4n) is 2.12. The highest BCUT2D eigenvalue weighted by Crippen LogP contribution is 2.17. The second-order valence-electron chi connectivity index (χ2n) is 5.07. The summed E-state index contributed by atoms with van der Waals surface area (Å²) in [5.41, 5.74) is 0. The standard InChI is InChI=1S/C15H28O2/c1-15(12-8-6-10-14-17)11-7-4-2-3-5-9-13-16/h13-15H,2-12H2,1H3. The third-order valence-corrected chi connectivity index (χ3v) is 3.29. The van der Waals surface area contributed by atoms with Crippen molar-refractivity contribution in [2.24, 2.45) is 5.92 Å². The summed E-state index contributed by atoms with van der Waals surface area (Å²) in [6.45, 7) is 2.31. The predicted molar refractivity (Wildman–Crippen MR) is 72.1 cm³/mol. The Labute approximate surface area is 106 Å². The second kappa shape index (κ2) is 13.4. The van der Waals surface area contributed by atoms with E-state index in [2.05, 4.69) is 6.92 Å². The molecule has 1 atom stereocenters. The molecule has 0 rings (SSSR count). The van der Waals surface area contributed by atoms with Crippen molar-refractivity contribution in [2.75, 3.05) is 0 Å². The van der Waals surface area contributed by atoms with Crippen LogP contribution in [0.4, 0.5) is 0 Å². The first kappa shape index (κ1) is 16.3. The van der Waals surface area contributed by atoms with E-state index in [4.69, 9.17) is 0 Å². The molecular formula is C15H28O2. The highest BCUT2D eigenvalue weighted by Gasteiger charge is 2.01. The van der Waals surface area contributed by atoms with Crippen LogP contribution >= 0.6 is 0 Å². The smallest absolute Gasteiger partial charge is 0.119 e. The minimum Gasteiger partial charge on any atom is -0.303 e. The minimum atomic E-state index is 0.726. The van der Waals surface area contributed by atoms with Gasteiger partial charge in [0.2, 0.25) is 0 Å². The van der Waals surface area contributed by atoms with Gasteiger partial charge < -0.3 is 9.59 Å². The Kier molecular flexibility index (Phi) is 12.9. The van der Waals surface area contributed by atoms with E-state index in [0.717, 1.165) is 44.2 Å². The van der Waals surface area contributed by atoms with E-state index in [1.165, 1.54) is 44.9 Å². The SMILES string of the molecule is CC(CCCCC=O)CCCCCCCC=O. The Bertz CT molecular complexity index is 178. The second-order valence-corrected chi connectivity index (χ2v) is 5.07. The van der Waals surface area contributed by atoms with Crippen molar-refractivity contribution in [1.82, 2.24) is 0 Å². The van der Waals surface area contributed by atoms with Crippen molar-refractivity contribution in [3.05, 3.63) is 0 Å². The van der Waals surface area contributed by atoms with Gasteiger partial charge in [-0.1, -0.05) is 51.9 Å². The lowest BCUT2D eigenvalue weighted by Gasteiger charge is -2.10. The molecule has 0 amide bonds. The summed E-state index contributed by atoms with van der Waals surface area (Å²) in [6, 6.07) is 0. The molecule has 0 fully saturated rings. The molecular weight excluding hydrogens is 212 g/mol. The van der Waals surface area contributed by atoms with E-state index in [0.29, 0.717) is 0 Å². The van der Waals surface area contributed by atoms with Gasteiger partial charge in [0, 0.05) is 12.8 Å². The molecule has 2 heteroatoms. The molecule has 0 saturated carbocycles. The quantitative estimate of drug-likeness (QED) is 0.355. The first-order chi connectivity index (χ1) is 8.31. The number of carbonyl (C=O) groups excluding carboxylic acids is 2. The number of hydrogen-bond acceptors (Lipinski definition) is 2. The van der Waals surface area contributed by atoms with Gasteiger partial charge in [-0.3, -0.25) is 0 Å². The van der Waals surface area contributed by atoms with E-state index >= 15 is 0 Å². The summed E-state index contributed by atoms with van der Waals surface area (Å²) in [7, 11) is 0. The van der Waals surface area contributed by atoms with Crippen LogP contribution < -0.4 is 0 Å². The Hall–Kier alpha value is -0.660. The van der Waals surface area contributed by atoms with Crippen LogP contribution in [0.5, 0.6) is 0 Å². The molecule has 0 spiro atoms. The summed E-state index contributed by atoms with van der Waals surface area (Å²) < 4.78 is 0. The van der Waals surface area contributed by atoms with E-state index in [9.17, 15) is 9.59 Å². The fourth-order valence-corrected chi connectivity index (χ4v) is 2.12. The van der Waals surface area contributed by atoms with Crippen LogP contribution in [0.3, 0.4) is 0 Å². The fraction of sp³-hybridized carbons (Fsp3) is 0.867. The van der Waals surface area contributed by atoms with Crippen LogP contribution in [-0.2, 0) is 9.59 Å². The molecule has 100 valence electrons. The zero-order valence-corrected chi connectivity index (χ0v) is 11.3. The molecule has 0 saturated heterocycles. The first-order valence-electron chi connectivity index (χ1n) is 7.18. The Balaban J connectivity index is 3.12. The van der Waals surface area contributed by atoms with Gasteiger partial charge in [0.15, 0.2) is 0 Å². The highest BCUT2D eigenvalue weighted by molar-refractivity contribution is 5.49. The van der Waals surface area contributed by atoms with Gasteiger partial charge in [-0.05, 0) is 18.8 Å². The minimum absolute atomic E-state index is 0.726. The lowest BCUT2D eigenvalue weighted by Crippen LogP contribution is -1.95. The highest BCUT2D eigenvalue weighted by atomic mass is 16.1. The van der Waals surface area contributed by atoms with Crippen molar-refractivity contribution in [1.29, 1.82) is 0 Å². The van der Waals surface area contributed by atoms with Gasteiger partial charge in [-0.25, -0.2) is 0 Å². The molecule has 2 nitrogen and oxygen atoms in total. The van der Waals surface area contributed by atoms with Crippen LogP contribution in [0.2, 0.25) is 0 Å². The summed E-state index contributed by atoms with van der Waals surface area (Å²) in [4.78, 5) is 20.3. The maximum Gasteiger partial charge on any atom is 0.119 e. The molecule has 0 aromatic carbocycles. The normalized spacial score (nSPS) is 12.3. The maximum atomic E-state index is 10.1. The molecule has 0 aromatic rings. The number of hydrogen-bond donors (Lipinski definition) is 0. The molecule has 1 unspecified atom stereocenters. The summed E-state index contributed by atoms with van der Waals surface area (Å²) in [5.74, 6) is 0.802. The average Bonchev–Trinajstić information content (AvgIpc) is 2.33. The summed E-state index contributed by atoms with van der Waals surface area (Å²) >= 11 is 0. The van der Waals surface area contributed by atoms with Crippen LogP contribution in [0, 0.1) is 5.92 Å².